The van der Waals surface area contributed by atoms with Crippen molar-refractivity contribution in [2.75, 3.05) is 0 Å². The summed E-state index contributed by atoms with van der Waals surface area (Å²) in [6.07, 6.45) is 0. The minimum Gasteiger partial charge on any atom is -0.456 e. The van der Waals surface area contributed by atoms with E-state index in [0.29, 0.717) is 17.5 Å². The smallest absolute Gasteiger partial charge is 0.164 e. The molecular formula is C57H33N5O. The fraction of sp³-hybridized carbons (Fsp3) is 0. The second kappa shape index (κ2) is 12.9. The predicted octanol–water partition coefficient (Wildman–Crippen LogP) is 14.7. The normalized spacial score (nSPS) is 12.1. The molecule has 0 aliphatic carbocycles. The van der Waals surface area contributed by atoms with Crippen molar-refractivity contribution in [2.45, 2.75) is 0 Å². The highest BCUT2D eigenvalue weighted by Gasteiger charge is 2.22. The third-order valence-electron chi connectivity index (χ3n) is 12.9. The fourth-order valence-electron chi connectivity index (χ4n) is 10.2. The Labute approximate surface area is 359 Å². The lowest BCUT2D eigenvalue weighted by Gasteiger charge is -2.11. The second-order valence-electron chi connectivity index (χ2n) is 16.3. The van der Waals surface area contributed by atoms with Gasteiger partial charge in [-0.2, -0.15) is 0 Å². The van der Waals surface area contributed by atoms with E-state index in [-0.39, 0.29) is 0 Å². The molecule has 5 heterocycles. The molecule has 0 saturated carbocycles. The number of hydrogen-bond acceptors (Lipinski definition) is 4. The summed E-state index contributed by atoms with van der Waals surface area (Å²) in [5.74, 6) is 1.81. The van der Waals surface area contributed by atoms with E-state index in [2.05, 4.69) is 148 Å². The average molecular weight is 804 g/mol. The number of para-hydroxylation sites is 4. The molecule has 0 aliphatic heterocycles. The Hall–Kier alpha value is -8.61. The van der Waals surface area contributed by atoms with Gasteiger partial charge in [0.05, 0.1) is 27.6 Å². The molecule has 0 fully saturated rings. The minimum atomic E-state index is 0.595. The van der Waals surface area contributed by atoms with E-state index in [1.807, 2.05) is 60.7 Å². The summed E-state index contributed by atoms with van der Waals surface area (Å²) in [4.78, 5) is 15.5. The van der Waals surface area contributed by atoms with Gasteiger partial charge in [0.15, 0.2) is 17.5 Å². The summed E-state index contributed by atoms with van der Waals surface area (Å²) in [6, 6.07) is 70.8. The molecule has 63 heavy (non-hydrogen) atoms. The lowest BCUT2D eigenvalue weighted by atomic mass is 9.97. The summed E-state index contributed by atoms with van der Waals surface area (Å²) < 4.78 is 11.2. The lowest BCUT2D eigenvalue weighted by Crippen LogP contribution is -2.00. The molecule has 0 bridgehead atoms. The molecule has 0 unspecified atom stereocenters. The fourth-order valence-corrected chi connectivity index (χ4v) is 10.2. The van der Waals surface area contributed by atoms with E-state index >= 15 is 0 Å². The molecule has 14 rings (SSSR count). The van der Waals surface area contributed by atoms with Crippen molar-refractivity contribution >= 4 is 81.8 Å². The van der Waals surface area contributed by atoms with Crippen LogP contribution >= 0.6 is 0 Å². The number of nitrogens with zero attached hydrogens (tertiary/aromatic N) is 5. The van der Waals surface area contributed by atoms with Crippen molar-refractivity contribution in [3.63, 3.8) is 0 Å². The summed E-state index contributed by atoms with van der Waals surface area (Å²) in [5, 5.41) is 9.52. The molecule has 5 aromatic heterocycles. The molecule has 0 spiro atoms. The first-order valence-electron chi connectivity index (χ1n) is 21.3. The van der Waals surface area contributed by atoms with Crippen molar-refractivity contribution in [3.8, 4) is 51.0 Å². The van der Waals surface area contributed by atoms with Crippen LogP contribution < -0.4 is 0 Å². The maximum Gasteiger partial charge on any atom is 0.164 e. The van der Waals surface area contributed by atoms with Gasteiger partial charge in [-0.15, -0.1) is 0 Å². The van der Waals surface area contributed by atoms with E-state index in [9.17, 15) is 0 Å². The van der Waals surface area contributed by atoms with Gasteiger partial charge in [0.1, 0.15) is 11.2 Å². The van der Waals surface area contributed by atoms with E-state index in [4.69, 9.17) is 19.4 Å². The van der Waals surface area contributed by atoms with Crippen LogP contribution in [0.15, 0.2) is 205 Å². The Morgan fingerprint density at radius 2 is 0.921 bits per heavy atom. The van der Waals surface area contributed by atoms with E-state index in [0.717, 1.165) is 66.5 Å². The Bertz CT molecular complexity index is 4160. The minimum absolute atomic E-state index is 0.595. The van der Waals surface area contributed by atoms with Crippen molar-refractivity contribution in [1.29, 1.82) is 0 Å². The van der Waals surface area contributed by atoms with Crippen molar-refractivity contribution in [2.24, 2.45) is 0 Å². The van der Waals surface area contributed by atoms with Gasteiger partial charge < -0.3 is 13.4 Å². The van der Waals surface area contributed by atoms with E-state index < -0.39 is 0 Å². The van der Waals surface area contributed by atoms with Crippen LogP contribution in [0.4, 0.5) is 0 Å². The van der Waals surface area contributed by atoms with Crippen LogP contribution in [0.3, 0.4) is 0 Å². The van der Waals surface area contributed by atoms with E-state index in [1.54, 1.807) is 0 Å². The molecule has 9 aromatic carbocycles. The molecule has 0 saturated heterocycles. The first-order valence-corrected chi connectivity index (χ1v) is 21.3. The van der Waals surface area contributed by atoms with Gasteiger partial charge >= 0.3 is 0 Å². The number of furan rings is 1. The van der Waals surface area contributed by atoms with Crippen LogP contribution in [0.2, 0.25) is 0 Å². The van der Waals surface area contributed by atoms with Gasteiger partial charge in [0.25, 0.3) is 0 Å². The lowest BCUT2D eigenvalue weighted by molar-refractivity contribution is 0.669. The highest BCUT2D eigenvalue weighted by Crippen LogP contribution is 2.43. The zero-order valence-corrected chi connectivity index (χ0v) is 33.7. The largest absolute Gasteiger partial charge is 0.456 e. The summed E-state index contributed by atoms with van der Waals surface area (Å²) >= 11 is 0. The highest BCUT2D eigenvalue weighted by atomic mass is 16.3. The van der Waals surface area contributed by atoms with Crippen LogP contribution in [0.25, 0.3) is 133 Å². The Morgan fingerprint density at radius 1 is 0.333 bits per heavy atom. The molecule has 14 aromatic rings. The SMILES string of the molecule is c1ccc(-c2nc(-c3cccc(-c4cccc5c4c4ccccc4n5-c4ccc5c6cccc7c8ccccc8n(c5c4)c76)c3)nc(-c3cccc4oc5ccccc5c34)n2)cc1. The van der Waals surface area contributed by atoms with Crippen molar-refractivity contribution in [3.05, 3.63) is 200 Å². The second-order valence-corrected chi connectivity index (χ2v) is 16.3. The van der Waals surface area contributed by atoms with Crippen LogP contribution in [0.1, 0.15) is 0 Å². The molecule has 6 heteroatoms. The summed E-state index contributed by atoms with van der Waals surface area (Å²) in [6.45, 7) is 0. The summed E-state index contributed by atoms with van der Waals surface area (Å²) in [5.41, 5.74) is 13.7. The maximum atomic E-state index is 6.29. The standard InChI is InChI=1S/C57H33N5O/c1-2-14-34(15-3-1)55-58-56(60-57(59-55)45-24-13-29-51-53(45)44-20-6-9-28-50(44)63-51)36-17-10-16-35(32-36)38-21-12-27-48-52(38)43-19-5-8-26-47(43)61(48)37-30-31-40-42-23-11-22-41-39-18-4-7-25-46(39)62(54(41)42)49(40)33-37/h1-33H. The molecule has 6 nitrogen and oxygen atoms in total. The third kappa shape index (κ3) is 4.91. The number of fused-ring (bicyclic) bond motifs is 12. The van der Waals surface area contributed by atoms with Crippen LogP contribution in [0, 0.1) is 0 Å². The first kappa shape index (κ1) is 34.1. The number of rotatable bonds is 5. The number of hydrogen-bond donors (Lipinski definition) is 0. The maximum absolute atomic E-state index is 6.29. The Kier molecular flexibility index (Phi) is 7.02. The molecule has 0 N–H and O–H groups in total. The van der Waals surface area contributed by atoms with Crippen LogP contribution in [-0.4, -0.2) is 23.9 Å². The first-order chi connectivity index (χ1) is 31.2. The van der Waals surface area contributed by atoms with Crippen LogP contribution in [-0.2, 0) is 0 Å². The Balaban J connectivity index is 0.960. The highest BCUT2D eigenvalue weighted by molar-refractivity contribution is 6.24. The predicted molar refractivity (Wildman–Crippen MR) is 258 cm³/mol. The molecule has 292 valence electrons. The zero-order chi connectivity index (χ0) is 41.2. The van der Waals surface area contributed by atoms with Gasteiger partial charge in [-0.25, -0.2) is 15.0 Å². The average Bonchev–Trinajstić information content (AvgIpc) is 4.10. The van der Waals surface area contributed by atoms with E-state index in [1.165, 1.54) is 48.9 Å². The molecular weight excluding hydrogens is 771 g/mol. The Morgan fingerprint density at radius 3 is 1.79 bits per heavy atom. The number of aromatic nitrogens is 5. The van der Waals surface area contributed by atoms with Crippen LogP contribution in [0.5, 0.6) is 0 Å². The van der Waals surface area contributed by atoms with Crippen molar-refractivity contribution < 1.29 is 4.42 Å². The quantitative estimate of drug-likeness (QED) is 0.174. The zero-order valence-electron chi connectivity index (χ0n) is 33.7. The monoisotopic (exact) mass is 803 g/mol. The van der Waals surface area contributed by atoms with Gasteiger partial charge in [-0.05, 0) is 59.7 Å². The number of benzene rings is 9. The molecule has 0 aliphatic rings. The molecule has 0 radical (unpaired) electrons. The summed E-state index contributed by atoms with van der Waals surface area (Å²) in [7, 11) is 0. The van der Waals surface area contributed by atoms with Gasteiger partial charge in [-0.3, -0.25) is 0 Å². The van der Waals surface area contributed by atoms with Gasteiger partial charge in [0.2, 0.25) is 0 Å². The van der Waals surface area contributed by atoms with Crippen molar-refractivity contribution in [1.82, 2.24) is 23.9 Å². The topological polar surface area (TPSA) is 61.2 Å². The third-order valence-corrected chi connectivity index (χ3v) is 12.9. The molecule has 0 amide bonds. The van der Waals surface area contributed by atoms with Gasteiger partial charge in [-0.1, -0.05) is 152 Å². The molecule has 0 atom stereocenters. The van der Waals surface area contributed by atoms with Gasteiger partial charge in [0, 0.05) is 65.5 Å².